The van der Waals surface area contributed by atoms with Gasteiger partial charge >= 0.3 is 0 Å². The maximum atomic E-state index is 13.2. The number of amides is 2. The molecule has 1 N–H and O–H groups in total. The van der Waals surface area contributed by atoms with Crippen LogP contribution in [-0.4, -0.2) is 28.6 Å². The summed E-state index contributed by atoms with van der Waals surface area (Å²) in [6.45, 7) is 3.49. The number of anilines is 2. The highest BCUT2D eigenvalue weighted by molar-refractivity contribution is 6.10. The van der Waals surface area contributed by atoms with E-state index >= 15 is 0 Å². The summed E-state index contributed by atoms with van der Waals surface area (Å²) in [5.41, 5.74) is 3.81. The van der Waals surface area contributed by atoms with Crippen molar-refractivity contribution in [2.24, 2.45) is 0 Å². The number of Topliss-reactive ketones (excluding diaryl/α,β-unsaturated/α-hetero) is 1. The van der Waals surface area contributed by atoms with Crippen LogP contribution in [0.1, 0.15) is 50.5 Å². The average Bonchev–Trinajstić information content (AvgIpc) is 3.09. The van der Waals surface area contributed by atoms with Gasteiger partial charge in [0.05, 0.1) is 11.1 Å². The highest BCUT2D eigenvalue weighted by Gasteiger charge is 2.31. The zero-order valence-corrected chi connectivity index (χ0v) is 16.8. The Labute approximate surface area is 174 Å². The lowest BCUT2D eigenvalue weighted by Gasteiger charge is -2.22. The number of carbonyl (C=O) groups excluding carboxylic acids is 3. The molecule has 1 aromatic heterocycles. The van der Waals surface area contributed by atoms with Gasteiger partial charge in [-0.2, -0.15) is 0 Å². The fourth-order valence-corrected chi connectivity index (χ4v) is 3.69. The molecule has 150 valence electrons. The van der Waals surface area contributed by atoms with Crippen LogP contribution in [0.2, 0.25) is 0 Å². The van der Waals surface area contributed by atoms with Crippen molar-refractivity contribution in [3.8, 4) is 0 Å². The van der Waals surface area contributed by atoms with Crippen LogP contribution in [0.3, 0.4) is 0 Å². The second-order valence-electron chi connectivity index (χ2n) is 7.41. The minimum absolute atomic E-state index is 0.0344. The van der Waals surface area contributed by atoms with Crippen molar-refractivity contribution < 1.29 is 14.4 Å². The Bertz CT molecular complexity index is 1140. The zero-order valence-electron chi connectivity index (χ0n) is 16.8. The van der Waals surface area contributed by atoms with Gasteiger partial charge in [0.1, 0.15) is 0 Å². The molecule has 6 nitrogen and oxygen atoms in total. The summed E-state index contributed by atoms with van der Waals surface area (Å²) in [6, 6.07) is 16.1. The highest BCUT2D eigenvalue weighted by atomic mass is 16.2. The van der Waals surface area contributed by atoms with E-state index in [4.69, 9.17) is 0 Å². The molecule has 2 amide bonds. The van der Waals surface area contributed by atoms with Crippen LogP contribution >= 0.6 is 0 Å². The third-order valence-electron chi connectivity index (χ3n) is 5.22. The van der Waals surface area contributed by atoms with Crippen LogP contribution in [0.25, 0.3) is 0 Å². The number of ketones is 1. The molecule has 1 atom stereocenters. The lowest BCUT2D eigenvalue weighted by molar-refractivity contribution is 0.0979. The van der Waals surface area contributed by atoms with Crippen LogP contribution < -0.4 is 10.2 Å². The lowest BCUT2D eigenvalue weighted by atomic mass is 10.1. The molecule has 0 saturated carbocycles. The Morgan fingerprint density at radius 1 is 0.967 bits per heavy atom. The summed E-state index contributed by atoms with van der Waals surface area (Å²) in [5, 5.41) is 2.77. The first kappa shape index (κ1) is 19.5. The SMILES string of the molecule is CC(=O)c1ccc(NC(=O)c2cncc(C(=O)N3c4ccccc4CC3C)c2)cc1. The third kappa shape index (κ3) is 3.72. The number of nitrogens with one attached hydrogen (secondary N) is 1. The number of aromatic nitrogens is 1. The first-order valence-electron chi connectivity index (χ1n) is 9.73. The molecule has 30 heavy (non-hydrogen) atoms. The van der Waals surface area contributed by atoms with Crippen molar-refractivity contribution >= 4 is 29.0 Å². The average molecular weight is 399 g/mol. The van der Waals surface area contributed by atoms with Crippen molar-refractivity contribution in [2.75, 3.05) is 10.2 Å². The van der Waals surface area contributed by atoms with Crippen LogP contribution in [0.4, 0.5) is 11.4 Å². The predicted octanol–water partition coefficient (Wildman–Crippen LogP) is 4.13. The molecule has 0 radical (unpaired) electrons. The fraction of sp³-hybridized carbons (Fsp3) is 0.167. The Balaban J connectivity index is 1.54. The zero-order chi connectivity index (χ0) is 21.3. The van der Waals surface area contributed by atoms with Crippen LogP contribution in [0, 0.1) is 0 Å². The molecule has 0 bridgehead atoms. The summed E-state index contributed by atoms with van der Waals surface area (Å²) in [5.74, 6) is -0.594. The van der Waals surface area contributed by atoms with Crippen molar-refractivity contribution in [1.82, 2.24) is 4.98 Å². The molecule has 2 aromatic carbocycles. The minimum Gasteiger partial charge on any atom is -0.322 e. The molecule has 1 aliphatic heterocycles. The number of fused-ring (bicyclic) bond motifs is 1. The Morgan fingerprint density at radius 3 is 2.40 bits per heavy atom. The summed E-state index contributed by atoms with van der Waals surface area (Å²) in [6.07, 6.45) is 3.71. The van der Waals surface area contributed by atoms with Gasteiger partial charge in [-0.15, -0.1) is 0 Å². The second kappa shape index (κ2) is 7.91. The molecule has 6 heteroatoms. The first-order chi connectivity index (χ1) is 14.4. The number of para-hydroxylation sites is 1. The third-order valence-corrected chi connectivity index (χ3v) is 5.22. The van der Waals surface area contributed by atoms with Crippen molar-refractivity contribution in [3.63, 3.8) is 0 Å². The summed E-state index contributed by atoms with van der Waals surface area (Å²) in [4.78, 5) is 43.1. The van der Waals surface area contributed by atoms with E-state index < -0.39 is 0 Å². The number of rotatable bonds is 4. The van der Waals surface area contributed by atoms with Gasteiger partial charge in [-0.25, -0.2) is 0 Å². The molecule has 1 unspecified atom stereocenters. The van der Waals surface area contributed by atoms with E-state index in [-0.39, 0.29) is 29.2 Å². The standard InChI is InChI=1S/C24H21N3O3/c1-15-11-18-5-3-4-6-22(18)27(15)24(30)20-12-19(13-25-14-20)23(29)26-21-9-7-17(8-10-21)16(2)28/h3-10,12-15H,11H2,1-2H3,(H,26,29). The van der Waals surface area contributed by atoms with Crippen molar-refractivity contribution in [1.29, 1.82) is 0 Å². The number of hydrogen-bond donors (Lipinski definition) is 1. The second-order valence-corrected chi connectivity index (χ2v) is 7.41. The molecular weight excluding hydrogens is 378 g/mol. The molecule has 0 spiro atoms. The predicted molar refractivity (Wildman–Crippen MR) is 115 cm³/mol. The van der Waals surface area contributed by atoms with Gasteiger partial charge < -0.3 is 10.2 Å². The smallest absolute Gasteiger partial charge is 0.260 e. The topological polar surface area (TPSA) is 79.4 Å². The van der Waals surface area contributed by atoms with E-state index in [1.165, 1.54) is 19.3 Å². The normalized spacial score (nSPS) is 14.9. The molecule has 3 aromatic rings. The first-order valence-corrected chi connectivity index (χ1v) is 9.73. The largest absolute Gasteiger partial charge is 0.322 e. The van der Waals surface area contributed by atoms with Gasteiger partial charge in [-0.3, -0.25) is 19.4 Å². The van der Waals surface area contributed by atoms with Gasteiger partial charge in [0.2, 0.25) is 0 Å². The Kier molecular flexibility index (Phi) is 5.14. The summed E-state index contributed by atoms with van der Waals surface area (Å²) in [7, 11) is 0. The highest BCUT2D eigenvalue weighted by Crippen LogP contribution is 2.33. The lowest BCUT2D eigenvalue weighted by Crippen LogP contribution is -2.35. The number of hydrogen-bond acceptors (Lipinski definition) is 4. The molecular formula is C24H21N3O3. The molecule has 1 aliphatic rings. The van der Waals surface area contributed by atoms with E-state index in [0.29, 0.717) is 16.8 Å². The van der Waals surface area contributed by atoms with Crippen LogP contribution in [0.15, 0.2) is 67.0 Å². The van der Waals surface area contributed by atoms with E-state index in [1.54, 1.807) is 35.2 Å². The number of carbonyl (C=O) groups is 3. The van der Waals surface area contributed by atoms with E-state index in [1.807, 2.05) is 31.2 Å². The van der Waals surface area contributed by atoms with Crippen molar-refractivity contribution in [2.45, 2.75) is 26.3 Å². The Morgan fingerprint density at radius 2 is 1.67 bits per heavy atom. The maximum Gasteiger partial charge on any atom is 0.260 e. The number of nitrogens with zero attached hydrogens (tertiary/aromatic N) is 2. The van der Waals surface area contributed by atoms with Crippen LogP contribution in [0.5, 0.6) is 0 Å². The van der Waals surface area contributed by atoms with Gasteiger partial charge in [0, 0.05) is 35.4 Å². The Hall–Kier alpha value is -3.80. The number of pyridine rings is 1. The maximum absolute atomic E-state index is 13.2. The summed E-state index contributed by atoms with van der Waals surface area (Å²) < 4.78 is 0. The quantitative estimate of drug-likeness (QED) is 0.669. The van der Waals surface area contributed by atoms with Gasteiger partial charge in [0.25, 0.3) is 11.8 Å². The van der Waals surface area contributed by atoms with Gasteiger partial charge in [-0.05, 0) is 62.2 Å². The molecule has 2 heterocycles. The van der Waals surface area contributed by atoms with Gasteiger partial charge in [0.15, 0.2) is 5.78 Å². The van der Waals surface area contributed by atoms with E-state index in [2.05, 4.69) is 10.3 Å². The van der Waals surface area contributed by atoms with Gasteiger partial charge in [-0.1, -0.05) is 18.2 Å². The minimum atomic E-state index is -0.373. The van der Waals surface area contributed by atoms with E-state index in [0.717, 1.165) is 17.7 Å². The monoisotopic (exact) mass is 399 g/mol. The van der Waals surface area contributed by atoms with E-state index in [9.17, 15) is 14.4 Å². The number of benzene rings is 2. The molecule has 0 saturated heterocycles. The van der Waals surface area contributed by atoms with Crippen LogP contribution in [-0.2, 0) is 6.42 Å². The fourth-order valence-electron chi connectivity index (χ4n) is 3.69. The molecule has 4 rings (SSSR count). The summed E-state index contributed by atoms with van der Waals surface area (Å²) >= 11 is 0. The van der Waals surface area contributed by atoms with Crippen molar-refractivity contribution in [3.05, 3.63) is 89.2 Å². The molecule has 0 aliphatic carbocycles. The molecule has 0 fully saturated rings.